The number of pyridine rings is 2. The van der Waals surface area contributed by atoms with Crippen LogP contribution in [0.4, 0.5) is 0 Å². The molecular formula is C10H10N2O2. The van der Waals surface area contributed by atoms with Gasteiger partial charge in [-0.3, -0.25) is 9.78 Å². The van der Waals surface area contributed by atoms with E-state index in [1.54, 1.807) is 32.3 Å². The van der Waals surface area contributed by atoms with Crippen molar-refractivity contribution in [2.24, 2.45) is 7.05 Å². The molecule has 72 valence electrons. The molecular weight excluding hydrogens is 180 g/mol. The predicted octanol–water partition coefficient (Wildman–Crippen LogP) is 0.948. The zero-order valence-corrected chi connectivity index (χ0v) is 7.98. The molecule has 0 aromatic carbocycles. The third-order valence-corrected chi connectivity index (χ3v) is 2.35. The van der Waals surface area contributed by atoms with E-state index < -0.39 is 0 Å². The summed E-state index contributed by atoms with van der Waals surface area (Å²) in [6.45, 7) is 1.59. The third kappa shape index (κ3) is 1.00. The Morgan fingerprint density at radius 1 is 1.50 bits per heavy atom. The Morgan fingerprint density at radius 3 is 2.93 bits per heavy atom. The Morgan fingerprint density at radius 2 is 2.21 bits per heavy atom. The predicted molar refractivity (Wildman–Crippen MR) is 53.4 cm³/mol. The molecule has 0 bridgehead atoms. The molecule has 0 fully saturated rings. The van der Waals surface area contributed by atoms with Crippen LogP contribution in [0.5, 0.6) is 5.75 Å². The SMILES string of the molecule is Cc1c(O)c2ncccc2n(C)c1=O. The van der Waals surface area contributed by atoms with Gasteiger partial charge in [-0.05, 0) is 19.1 Å². The first-order valence-electron chi connectivity index (χ1n) is 4.26. The molecule has 0 spiro atoms. The maximum Gasteiger partial charge on any atom is 0.257 e. The average molecular weight is 190 g/mol. The van der Waals surface area contributed by atoms with E-state index in [0.29, 0.717) is 16.6 Å². The molecule has 2 aromatic heterocycles. The number of aryl methyl sites for hydroxylation is 1. The second kappa shape index (κ2) is 2.83. The van der Waals surface area contributed by atoms with Gasteiger partial charge in [-0.2, -0.15) is 0 Å². The average Bonchev–Trinajstić information content (AvgIpc) is 2.23. The lowest BCUT2D eigenvalue weighted by Crippen LogP contribution is -2.19. The second-order valence-electron chi connectivity index (χ2n) is 3.21. The van der Waals surface area contributed by atoms with Gasteiger partial charge in [0.1, 0.15) is 5.52 Å². The number of aromatic nitrogens is 2. The van der Waals surface area contributed by atoms with E-state index in [4.69, 9.17) is 0 Å². The summed E-state index contributed by atoms with van der Waals surface area (Å²) in [6, 6.07) is 3.49. The van der Waals surface area contributed by atoms with E-state index in [9.17, 15) is 9.90 Å². The van der Waals surface area contributed by atoms with Crippen molar-refractivity contribution in [2.45, 2.75) is 6.92 Å². The lowest BCUT2D eigenvalue weighted by Gasteiger charge is -2.07. The van der Waals surface area contributed by atoms with E-state index >= 15 is 0 Å². The molecule has 0 amide bonds. The summed E-state index contributed by atoms with van der Waals surface area (Å²) in [5.74, 6) is -0.0244. The van der Waals surface area contributed by atoms with E-state index in [2.05, 4.69) is 4.98 Å². The highest BCUT2D eigenvalue weighted by atomic mass is 16.3. The number of hydrogen-bond acceptors (Lipinski definition) is 3. The number of fused-ring (bicyclic) bond motifs is 1. The lowest BCUT2D eigenvalue weighted by molar-refractivity contribution is 0.473. The molecule has 0 saturated heterocycles. The Bertz CT molecular complexity index is 558. The molecule has 0 radical (unpaired) electrons. The van der Waals surface area contributed by atoms with Gasteiger partial charge in [0.25, 0.3) is 5.56 Å². The number of rotatable bonds is 0. The van der Waals surface area contributed by atoms with E-state index in [-0.39, 0.29) is 11.3 Å². The summed E-state index contributed by atoms with van der Waals surface area (Å²) < 4.78 is 1.48. The monoisotopic (exact) mass is 190 g/mol. The topological polar surface area (TPSA) is 55.1 Å². The van der Waals surface area contributed by atoms with Gasteiger partial charge < -0.3 is 9.67 Å². The van der Waals surface area contributed by atoms with Gasteiger partial charge >= 0.3 is 0 Å². The van der Waals surface area contributed by atoms with Crippen LogP contribution in [0.15, 0.2) is 23.1 Å². The quantitative estimate of drug-likeness (QED) is 0.672. The van der Waals surface area contributed by atoms with Crippen LogP contribution >= 0.6 is 0 Å². The first-order chi connectivity index (χ1) is 6.63. The van der Waals surface area contributed by atoms with Crippen LogP contribution < -0.4 is 5.56 Å². The fraction of sp³-hybridized carbons (Fsp3) is 0.200. The van der Waals surface area contributed by atoms with Crippen LogP contribution in [0.2, 0.25) is 0 Å². The van der Waals surface area contributed by atoms with Crippen LogP contribution in [0.25, 0.3) is 11.0 Å². The molecule has 2 rings (SSSR count). The summed E-state index contributed by atoms with van der Waals surface area (Å²) in [6.07, 6.45) is 1.59. The van der Waals surface area contributed by atoms with Gasteiger partial charge in [0, 0.05) is 13.2 Å². The van der Waals surface area contributed by atoms with Gasteiger partial charge in [0.05, 0.1) is 11.1 Å². The van der Waals surface area contributed by atoms with Crippen LogP contribution in [-0.4, -0.2) is 14.7 Å². The highest BCUT2D eigenvalue weighted by molar-refractivity contribution is 5.81. The van der Waals surface area contributed by atoms with Crippen molar-refractivity contribution >= 4 is 11.0 Å². The molecule has 0 aliphatic carbocycles. The fourth-order valence-corrected chi connectivity index (χ4v) is 1.49. The minimum absolute atomic E-state index is 0.0244. The Hall–Kier alpha value is -1.84. The van der Waals surface area contributed by atoms with Crippen LogP contribution in [0.3, 0.4) is 0 Å². The van der Waals surface area contributed by atoms with Crippen molar-refractivity contribution < 1.29 is 5.11 Å². The van der Waals surface area contributed by atoms with Crippen molar-refractivity contribution in [2.75, 3.05) is 0 Å². The first kappa shape index (κ1) is 8.74. The maximum absolute atomic E-state index is 11.6. The molecule has 4 heteroatoms. The van der Waals surface area contributed by atoms with Crippen LogP contribution in [0.1, 0.15) is 5.56 Å². The third-order valence-electron chi connectivity index (χ3n) is 2.35. The van der Waals surface area contributed by atoms with E-state index in [0.717, 1.165) is 0 Å². The highest BCUT2D eigenvalue weighted by Gasteiger charge is 2.10. The van der Waals surface area contributed by atoms with Gasteiger partial charge in [0.2, 0.25) is 0 Å². The molecule has 1 N–H and O–H groups in total. The van der Waals surface area contributed by atoms with Gasteiger partial charge in [-0.1, -0.05) is 0 Å². The Balaban J connectivity index is 3.10. The molecule has 0 unspecified atom stereocenters. The lowest BCUT2D eigenvalue weighted by atomic mass is 10.2. The number of aromatic hydroxyl groups is 1. The van der Waals surface area contributed by atoms with Crippen LogP contribution in [0, 0.1) is 6.92 Å². The van der Waals surface area contributed by atoms with Crippen molar-refractivity contribution in [3.8, 4) is 5.75 Å². The molecule has 0 aliphatic heterocycles. The second-order valence-corrected chi connectivity index (χ2v) is 3.21. The zero-order chi connectivity index (χ0) is 10.3. The standard InChI is InChI=1S/C10H10N2O2/c1-6-9(13)8-7(4-3-5-11-8)12(2)10(6)14/h3-5,13H,1-2H3. The number of nitrogens with zero attached hydrogens (tertiary/aromatic N) is 2. The Kier molecular flexibility index (Phi) is 1.77. The molecule has 2 aromatic rings. The van der Waals surface area contributed by atoms with E-state index in [1.807, 2.05) is 0 Å². The highest BCUT2D eigenvalue weighted by Crippen LogP contribution is 2.22. The fourth-order valence-electron chi connectivity index (χ4n) is 1.49. The maximum atomic E-state index is 11.6. The van der Waals surface area contributed by atoms with Gasteiger partial charge in [0.15, 0.2) is 5.75 Å². The summed E-state index contributed by atoms with van der Waals surface area (Å²) in [7, 11) is 1.67. The largest absolute Gasteiger partial charge is 0.505 e. The summed E-state index contributed by atoms with van der Waals surface area (Å²) in [5.41, 5.74) is 1.24. The Labute approximate surface area is 80.4 Å². The minimum atomic E-state index is -0.192. The van der Waals surface area contributed by atoms with Crippen molar-refractivity contribution in [1.82, 2.24) is 9.55 Å². The minimum Gasteiger partial charge on any atom is -0.505 e. The van der Waals surface area contributed by atoms with E-state index in [1.165, 1.54) is 4.57 Å². The normalized spacial score (nSPS) is 10.7. The molecule has 4 nitrogen and oxygen atoms in total. The zero-order valence-electron chi connectivity index (χ0n) is 7.98. The molecule has 2 heterocycles. The summed E-state index contributed by atoms with van der Waals surface area (Å²) in [4.78, 5) is 15.6. The molecule has 0 saturated carbocycles. The molecule has 0 aliphatic rings. The van der Waals surface area contributed by atoms with Crippen molar-refractivity contribution in [1.29, 1.82) is 0 Å². The number of hydrogen-bond donors (Lipinski definition) is 1. The summed E-state index contributed by atoms with van der Waals surface area (Å²) >= 11 is 0. The molecule has 0 atom stereocenters. The van der Waals surface area contributed by atoms with Gasteiger partial charge in [-0.15, -0.1) is 0 Å². The summed E-state index contributed by atoms with van der Waals surface area (Å²) in [5, 5.41) is 9.69. The van der Waals surface area contributed by atoms with Gasteiger partial charge in [-0.25, -0.2) is 0 Å². The molecule has 14 heavy (non-hydrogen) atoms. The van der Waals surface area contributed by atoms with Crippen LogP contribution in [-0.2, 0) is 7.05 Å². The first-order valence-corrected chi connectivity index (χ1v) is 4.26. The van der Waals surface area contributed by atoms with Crippen molar-refractivity contribution in [3.63, 3.8) is 0 Å². The van der Waals surface area contributed by atoms with Crippen molar-refractivity contribution in [3.05, 3.63) is 34.2 Å². The smallest absolute Gasteiger partial charge is 0.257 e.